The fraction of sp³-hybridized carbons (Fsp3) is 0. The van der Waals surface area contributed by atoms with E-state index in [0.29, 0.717) is 21.9 Å². The number of ether oxygens (including phenoxy) is 2. The molecule has 5 rings (SSSR count). The Labute approximate surface area is 176 Å². The van der Waals surface area contributed by atoms with E-state index in [1.54, 1.807) is 54.6 Å². The van der Waals surface area contributed by atoms with Crippen LogP contribution in [0.25, 0.3) is 17.0 Å². The molecule has 0 radical (unpaired) electrons. The van der Waals surface area contributed by atoms with Gasteiger partial charge in [-0.1, -0.05) is 41.9 Å². The fourth-order valence-electron chi connectivity index (χ4n) is 3.18. The maximum absolute atomic E-state index is 12.6. The van der Waals surface area contributed by atoms with Crippen LogP contribution in [-0.4, -0.2) is 11.8 Å². The molecule has 0 atom stereocenters. The largest absolute Gasteiger partial charge is 0.452 e. The Morgan fingerprint density at radius 2 is 1.77 bits per heavy atom. The molecule has 0 saturated heterocycles. The number of hydrogen-bond donors (Lipinski definition) is 0. The summed E-state index contributed by atoms with van der Waals surface area (Å²) in [5, 5.41) is 1.42. The van der Waals surface area contributed by atoms with Crippen molar-refractivity contribution in [1.29, 1.82) is 0 Å². The van der Waals surface area contributed by atoms with Crippen LogP contribution in [0.2, 0.25) is 5.02 Å². The zero-order chi connectivity index (χ0) is 20.7. The number of rotatable bonds is 3. The second kappa shape index (κ2) is 7.21. The molecule has 5 nitrogen and oxygen atoms in total. The van der Waals surface area contributed by atoms with Crippen LogP contribution in [0.15, 0.2) is 83.0 Å². The molecule has 1 aromatic heterocycles. The molecule has 6 heteroatoms. The molecule has 4 aromatic rings. The maximum atomic E-state index is 12.6. The van der Waals surface area contributed by atoms with Crippen LogP contribution < -0.4 is 9.47 Å². The van der Waals surface area contributed by atoms with E-state index in [4.69, 9.17) is 25.5 Å². The van der Waals surface area contributed by atoms with Crippen LogP contribution in [0.4, 0.5) is 0 Å². The molecule has 1 aliphatic heterocycles. The van der Waals surface area contributed by atoms with Gasteiger partial charge in [-0.2, -0.15) is 0 Å². The highest BCUT2D eigenvalue weighted by molar-refractivity contribution is 6.30. The van der Waals surface area contributed by atoms with Gasteiger partial charge >= 0.3 is 5.97 Å². The van der Waals surface area contributed by atoms with Gasteiger partial charge in [-0.3, -0.25) is 4.79 Å². The predicted octanol–water partition coefficient (Wildman–Crippen LogP) is 5.92. The van der Waals surface area contributed by atoms with Crippen molar-refractivity contribution in [3.63, 3.8) is 0 Å². The van der Waals surface area contributed by atoms with Gasteiger partial charge in [0, 0.05) is 16.5 Å². The molecule has 0 bridgehead atoms. The van der Waals surface area contributed by atoms with E-state index in [0.717, 1.165) is 10.9 Å². The molecule has 146 valence electrons. The lowest BCUT2D eigenvalue weighted by Crippen LogP contribution is -2.07. The first-order valence-corrected chi connectivity index (χ1v) is 9.49. The number of Topliss-reactive ketones (excluding diaryl/α,β-unsaturated/α-hetero) is 1. The van der Waals surface area contributed by atoms with Crippen molar-refractivity contribution >= 4 is 40.4 Å². The lowest BCUT2D eigenvalue weighted by Gasteiger charge is -2.04. The van der Waals surface area contributed by atoms with E-state index >= 15 is 0 Å². The summed E-state index contributed by atoms with van der Waals surface area (Å²) in [5.74, 6) is -0.0116. The van der Waals surface area contributed by atoms with Gasteiger partial charge in [-0.15, -0.1) is 0 Å². The first kappa shape index (κ1) is 18.2. The second-order valence-electron chi connectivity index (χ2n) is 6.69. The van der Waals surface area contributed by atoms with Gasteiger partial charge in [0.15, 0.2) is 5.76 Å². The summed E-state index contributed by atoms with van der Waals surface area (Å²) in [4.78, 5) is 25.0. The second-order valence-corrected chi connectivity index (χ2v) is 7.12. The van der Waals surface area contributed by atoms with Gasteiger partial charge < -0.3 is 13.9 Å². The molecular weight excluding hydrogens is 404 g/mol. The van der Waals surface area contributed by atoms with Gasteiger partial charge in [0.25, 0.3) is 0 Å². The summed E-state index contributed by atoms with van der Waals surface area (Å²) in [6.07, 6.45) is 1.64. The minimum atomic E-state index is -0.632. The average molecular weight is 417 g/mol. The molecule has 0 aliphatic carbocycles. The summed E-state index contributed by atoms with van der Waals surface area (Å²) in [5.41, 5.74) is 1.79. The average Bonchev–Trinajstić information content (AvgIpc) is 3.31. The minimum Gasteiger partial charge on any atom is -0.452 e. The maximum Gasteiger partial charge on any atom is 0.379 e. The van der Waals surface area contributed by atoms with E-state index in [1.807, 2.05) is 18.2 Å². The number of carbonyl (C=O) groups is 2. The molecule has 2 heterocycles. The SMILES string of the molecule is O=C(Oc1ccc2c(c1)O/C(=C\c1ccc(Cl)cc1)C2=O)c1cc2ccccc2o1. The minimum absolute atomic E-state index is 0.0945. The van der Waals surface area contributed by atoms with Crippen LogP contribution in [0.1, 0.15) is 26.5 Å². The molecular formula is C24H13ClO5. The third-order valence-electron chi connectivity index (χ3n) is 4.65. The first-order valence-electron chi connectivity index (χ1n) is 9.11. The van der Waals surface area contributed by atoms with E-state index in [2.05, 4.69) is 0 Å². The molecule has 1 aliphatic rings. The zero-order valence-corrected chi connectivity index (χ0v) is 16.2. The molecule has 0 saturated carbocycles. The zero-order valence-electron chi connectivity index (χ0n) is 15.4. The summed E-state index contributed by atoms with van der Waals surface area (Å²) >= 11 is 5.89. The number of carbonyl (C=O) groups excluding carboxylic acids is 2. The first-order chi connectivity index (χ1) is 14.6. The Kier molecular flexibility index (Phi) is 4.38. The Morgan fingerprint density at radius 1 is 0.967 bits per heavy atom. The highest BCUT2D eigenvalue weighted by Gasteiger charge is 2.28. The van der Waals surface area contributed by atoms with Crippen molar-refractivity contribution in [2.45, 2.75) is 0 Å². The van der Waals surface area contributed by atoms with Gasteiger partial charge in [-0.25, -0.2) is 4.79 Å². The van der Waals surface area contributed by atoms with Crippen molar-refractivity contribution in [2.24, 2.45) is 0 Å². The smallest absolute Gasteiger partial charge is 0.379 e. The van der Waals surface area contributed by atoms with Gasteiger partial charge in [0.1, 0.15) is 17.1 Å². The molecule has 0 fully saturated rings. The molecule has 0 spiro atoms. The van der Waals surface area contributed by atoms with Crippen molar-refractivity contribution in [1.82, 2.24) is 0 Å². The predicted molar refractivity (Wildman–Crippen MR) is 112 cm³/mol. The van der Waals surface area contributed by atoms with Gasteiger partial charge in [0.05, 0.1) is 5.56 Å². The number of halogens is 1. The van der Waals surface area contributed by atoms with E-state index in [-0.39, 0.29) is 23.1 Å². The quantitative estimate of drug-likeness (QED) is 0.235. The van der Waals surface area contributed by atoms with Gasteiger partial charge in [-0.05, 0) is 48.0 Å². The van der Waals surface area contributed by atoms with Crippen LogP contribution in [-0.2, 0) is 0 Å². The third kappa shape index (κ3) is 3.36. The van der Waals surface area contributed by atoms with Crippen molar-refractivity contribution < 1.29 is 23.5 Å². The number of allylic oxidation sites excluding steroid dienone is 1. The standard InChI is InChI=1S/C24H13ClO5/c25-16-7-5-14(6-8-16)11-21-23(26)18-10-9-17(13-20(18)30-21)28-24(27)22-12-15-3-1-2-4-19(15)29-22/h1-13H/b21-11-. The summed E-state index contributed by atoms with van der Waals surface area (Å²) in [7, 11) is 0. The molecule has 0 amide bonds. The number of para-hydroxylation sites is 1. The van der Waals surface area contributed by atoms with Gasteiger partial charge in [0.2, 0.25) is 11.5 Å². The van der Waals surface area contributed by atoms with Crippen LogP contribution >= 0.6 is 11.6 Å². The Hall–Kier alpha value is -3.83. The van der Waals surface area contributed by atoms with Crippen molar-refractivity contribution in [3.05, 3.63) is 100 Å². The van der Waals surface area contributed by atoms with E-state index in [9.17, 15) is 9.59 Å². The van der Waals surface area contributed by atoms with E-state index in [1.165, 1.54) is 6.07 Å². The highest BCUT2D eigenvalue weighted by atomic mass is 35.5. The topological polar surface area (TPSA) is 65.7 Å². The van der Waals surface area contributed by atoms with E-state index < -0.39 is 5.97 Å². The number of esters is 1. The van der Waals surface area contributed by atoms with Crippen LogP contribution in [0.5, 0.6) is 11.5 Å². The number of hydrogen-bond acceptors (Lipinski definition) is 5. The molecule has 3 aromatic carbocycles. The lowest BCUT2D eigenvalue weighted by molar-refractivity contribution is 0.0703. The molecule has 30 heavy (non-hydrogen) atoms. The summed E-state index contributed by atoms with van der Waals surface area (Å²) in [6, 6.07) is 20.6. The number of benzene rings is 3. The monoisotopic (exact) mass is 416 g/mol. The summed E-state index contributed by atoms with van der Waals surface area (Å²) in [6.45, 7) is 0. The highest BCUT2D eigenvalue weighted by Crippen LogP contribution is 2.35. The number of furan rings is 1. The Bertz CT molecular complexity index is 1300. The fourth-order valence-corrected chi connectivity index (χ4v) is 3.31. The Morgan fingerprint density at radius 3 is 2.57 bits per heavy atom. The number of fused-ring (bicyclic) bond motifs is 2. The number of ketones is 1. The van der Waals surface area contributed by atoms with Crippen molar-refractivity contribution in [2.75, 3.05) is 0 Å². The molecule has 0 N–H and O–H groups in total. The lowest BCUT2D eigenvalue weighted by atomic mass is 10.1. The molecule has 0 unspecified atom stereocenters. The third-order valence-corrected chi connectivity index (χ3v) is 4.90. The van der Waals surface area contributed by atoms with Crippen LogP contribution in [0.3, 0.4) is 0 Å². The normalized spacial score (nSPS) is 14.0. The Balaban J connectivity index is 1.37. The summed E-state index contributed by atoms with van der Waals surface area (Å²) < 4.78 is 16.6. The van der Waals surface area contributed by atoms with Crippen LogP contribution in [0, 0.1) is 0 Å². The van der Waals surface area contributed by atoms with Crippen molar-refractivity contribution in [3.8, 4) is 11.5 Å².